The number of nitrogens with one attached hydrogen (secondary N) is 1. The van der Waals surface area contributed by atoms with Crippen LogP contribution < -0.4 is 5.32 Å². The number of phenolic OH excluding ortho intramolecular Hbond substituents is 1. The lowest BCUT2D eigenvalue weighted by Crippen LogP contribution is -2.05. The molecule has 0 saturated carbocycles. The summed E-state index contributed by atoms with van der Waals surface area (Å²) in [5.41, 5.74) is 0.569. The average Bonchev–Trinajstić information content (AvgIpc) is 2.37. The predicted molar refractivity (Wildman–Crippen MR) is 66.9 cm³/mol. The number of alkyl halides is 3. The van der Waals surface area contributed by atoms with Gasteiger partial charge in [-0.3, -0.25) is 0 Å². The number of hydrogen-bond acceptors (Lipinski definition) is 2. The van der Waals surface area contributed by atoms with Gasteiger partial charge in [0, 0.05) is 17.8 Å². The highest BCUT2D eigenvalue weighted by atomic mass is 19.4. The largest absolute Gasteiger partial charge is 0.508 e. The fourth-order valence-electron chi connectivity index (χ4n) is 1.63. The molecule has 19 heavy (non-hydrogen) atoms. The molecule has 0 saturated heterocycles. The van der Waals surface area contributed by atoms with E-state index in [0.717, 1.165) is 12.1 Å². The first-order valence-electron chi connectivity index (χ1n) is 5.65. The summed E-state index contributed by atoms with van der Waals surface area (Å²) in [6, 6.07) is 11.6. The molecule has 0 aromatic heterocycles. The molecule has 100 valence electrons. The van der Waals surface area contributed by atoms with Crippen molar-refractivity contribution in [2.75, 3.05) is 5.32 Å². The first kappa shape index (κ1) is 13.3. The van der Waals surface area contributed by atoms with Crippen LogP contribution in [0.4, 0.5) is 18.9 Å². The zero-order valence-corrected chi connectivity index (χ0v) is 9.91. The summed E-state index contributed by atoms with van der Waals surface area (Å²) in [5.74, 6) is 0.155. The summed E-state index contributed by atoms with van der Waals surface area (Å²) >= 11 is 0. The molecule has 0 heterocycles. The van der Waals surface area contributed by atoms with Gasteiger partial charge in [0.2, 0.25) is 0 Å². The number of benzene rings is 2. The summed E-state index contributed by atoms with van der Waals surface area (Å²) in [6.07, 6.45) is -4.32. The maximum atomic E-state index is 12.4. The van der Waals surface area contributed by atoms with Gasteiger partial charge in [0.15, 0.2) is 0 Å². The Hall–Kier alpha value is -2.17. The van der Waals surface area contributed by atoms with Crippen molar-refractivity contribution in [3.05, 3.63) is 59.7 Å². The van der Waals surface area contributed by atoms with Crippen molar-refractivity contribution in [2.24, 2.45) is 0 Å². The van der Waals surface area contributed by atoms with E-state index in [1.165, 1.54) is 12.1 Å². The zero-order valence-electron chi connectivity index (χ0n) is 9.91. The van der Waals surface area contributed by atoms with E-state index >= 15 is 0 Å². The maximum Gasteiger partial charge on any atom is 0.416 e. The maximum absolute atomic E-state index is 12.4. The molecule has 0 amide bonds. The van der Waals surface area contributed by atoms with Crippen LogP contribution in [-0.4, -0.2) is 5.11 Å². The molecule has 0 spiro atoms. The minimum Gasteiger partial charge on any atom is -0.508 e. The monoisotopic (exact) mass is 267 g/mol. The van der Waals surface area contributed by atoms with E-state index in [4.69, 9.17) is 0 Å². The van der Waals surface area contributed by atoms with Gasteiger partial charge in [-0.2, -0.15) is 13.2 Å². The van der Waals surface area contributed by atoms with Gasteiger partial charge in [0.1, 0.15) is 5.75 Å². The molecule has 2 aromatic carbocycles. The highest BCUT2D eigenvalue weighted by Gasteiger charge is 2.29. The van der Waals surface area contributed by atoms with Crippen molar-refractivity contribution in [1.82, 2.24) is 0 Å². The molecule has 0 radical (unpaired) electrons. The van der Waals surface area contributed by atoms with Crippen LogP contribution in [0.2, 0.25) is 0 Å². The molecule has 2 rings (SSSR count). The third-order valence-corrected chi connectivity index (χ3v) is 2.69. The highest BCUT2D eigenvalue weighted by Crippen LogP contribution is 2.30. The summed E-state index contributed by atoms with van der Waals surface area (Å²) in [7, 11) is 0. The SMILES string of the molecule is Oc1ccccc1CNc1ccc(C(F)(F)F)cc1. The van der Waals surface area contributed by atoms with E-state index in [-0.39, 0.29) is 5.75 Å². The second kappa shape index (κ2) is 5.22. The average molecular weight is 267 g/mol. The molecule has 0 atom stereocenters. The lowest BCUT2D eigenvalue weighted by atomic mass is 10.1. The fraction of sp³-hybridized carbons (Fsp3) is 0.143. The third-order valence-electron chi connectivity index (χ3n) is 2.69. The lowest BCUT2D eigenvalue weighted by molar-refractivity contribution is -0.137. The molecule has 5 heteroatoms. The Morgan fingerprint density at radius 1 is 0.947 bits per heavy atom. The zero-order chi connectivity index (χ0) is 13.9. The minimum absolute atomic E-state index is 0.155. The number of phenols is 1. The number of para-hydroxylation sites is 1. The standard InChI is InChI=1S/C14H12F3NO/c15-14(16,17)11-5-7-12(8-6-11)18-9-10-3-1-2-4-13(10)19/h1-8,18-19H,9H2. The first-order valence-corrected chi connectivity index (χ1v) is 5.65. The van der Waals surface area contributed by atoms with Crippen molar-refractivity contribution < 1.29 is 18.3 Å². The molecule has 2 aromatic rings. The van der Waals surface area contributed by atoms with Gasteiger partial charge >= 0.3 is 6.18 Å². The van der Waals surface area contributed by atoms with Gasteiger partial charge in [-0.15, -0.1) is 0 Å². The third kappa shape index (κ3) is 3.40. The Morgan fingerprint density at radius 3 is 2.16 bits per heavy atom. The summed E-state index contributed by atoms with van der Waals surface area (Å²) < 4.78 is 37.1. The Morgan fingerprint density at radius 2 is 1.58 bits per heavy atom. The van der Waals surface area contributed by atoms with Crippen LogP contribution in [0.15, 0.2) is 48.5 Å². The van der Waals surface area contributed by atoms with E-state index < -0.39 is 11.7 Å². The smallest absolute Gasteiger partial charge is 0.416 e. The van der Waals surface area contributed by atoms with Crippen LogP contribution in [-0.2, 0) is 12.7 Å². The molecule has 0 aliphatic rings. The molecular formula is C14H12F3NO. The second-order valence-electron chi connectivity index (χ2n) is 4.06. The summed E-state index contributed by atoms with van der Waals surface area (Å²) in [6.45, 7) is 0.345. The van der Waals surface area contributed by atoms with Gasteiger partial charge in [-0.05, 0) is 30.3 Å². The van der Waals surface area contributed by atoms with Crippen molar-refractivity contribution >= 4 is 5.69 Å². The number of aromatic hydroxyl groups is 1. The van der Waals surface area contributed by atoms with E-state index in [0.29, 0.717) is 17.8 Å². The molecule has 0 aliphatic heterocycles. The molecule has 2 N–H and O–H groups in total. The highest BCUT2D eigenvalue weighted by molar-refractivity contribution is 5.46. The number of anilines is 1. The number of rotatable bonds is 3. The molecule has 0 unspecified atom stereocenters. The van der Waals surface area contributed by atoms with Crippen LogP contribution in [0, 0.1) is 0 Å². The molecule has 0 aliphatic carbocycles. The Labute approximate surface area is 108 Å². The van der Waals surface area contributed by atoms with E-state index in [1.54, 1.807) is 24.3 Å². The van der Waals surface area contributed by atoms with Crippen molar-refractivity contribution in [3.63, 3.8) is 0 Å². The Bertz CT molecular complexity index is 549. The summed E-state index contributed by atoms with van der Waals surface area (Å²) in [5, 5.41) is 12.5. The van der Waals surface area contributed by atoms with Gasteiger partial charge in [0.25, 0.3) is 0 Å². The van der Waals surface area contributed by atoms with Crippen molar-refractivity contribution in [1.29, 1.82) is 0 Å². The second-order valence-corrected chi connectivity index (χ2v) is 4.06. The minimum atomic E-state index is -4.32. The van der Waals surface area contributed by atoms with Crippen LogP contribution >= 0.6 is 0 Å². The summed E-state index contributed by atoms with van der Waals surface area (Å²) in [4.78, 5) is 0. The van der Waals surface area contributed by atoms with E-state index in [9.17, 15) is 18.3 Å². The normalized spacial score (nSPS) is 11.3. The molecule has 2 nitrogen and oxygen atoms in total. The van der Waals surface area contributed by atoms with Gasteiger partial charge in [0.05, 0.1) is 5.56 Å². The quantitative estimate of drug-likeness (QED) is 0.880. The number of hydrogen-bond donors (Lipinski definition) is 2. The fourth-order valence-corrected chi connectivity index (χ4v) is 1.63. The first-order chi connectivity index (χ1) is 8.97. The van der Waals surface area contributed by atoms with Crippen LogP contribution in [0.25, 0.3) is 0 Å². The van der Waals surface area contributed by atoms with Crippen LogP contribution in [0.5, 0.6) is 5.75 Å². The van der Waals surface area contributed by atoms with Gasteiger partial charge in [-0.25, -0.2) is 0 Å². The number of halogens is 3. The van der Waals surface area contributed by atoms with Crippen LogP contribution in [0.1, 0.15) is 11.1 Å². The lowest BCUT2D eigenvalue weighted by Gasteiger charge is -2.10. The van der Waals surface area contributed by atoms with Gasteiger partial charge in [-0.1, -0.05) is 18.2 Å². The molecule has 0 bridgehead atoms. The van der Waals surface area contributed by atoms with E-state index in [1.807, 2.05) is 0 Å². The Kier molecular flexibility index (Phi) is 3.64. The molecule has 0 fully saturated rings. The van der Waals surface area contributed by atoms with Crippen molar-refractivity contribution in [2.45, 2.75) is 12.7 Å². The molecular weight excluding hydrogens is 255 g/mol. The van der Waals surface area contributed by atoms with Crippen LogP contribution in [0.3, 0.4) is 0 Å². The van der Waals surface area contributed by atoms with Gasteiger partial charge < -0.3 is 10.4 Å². The van der Waals surface area contributed by atoms with E-state index in [2.05, 4.69) is 5.32 Å². The predicted octanol–water partition coefficient (Wildman–Crippen LogP) is 4.02. The Balaban J connectivity index is 2.03. The van der Waals surface area contributed by atoms with Crippen molar-refractivity contribution in [3.8, 4) is 5.75 Å². The topological polar surface area (TPSA) is 32.3 Å².